The van der Waals surface area contributed by atoms with Crippen LogP contribution < -0.4 is 0 Å². The molecule has 4 nitrogen and oxygen atoms in total. The largest absolute Gasteiger partial charge is 0.465 e. The maximum absolute atomic E-state index is 11.1. The lowest BCUT2D eigenvalue weighted by molar-refractivity contribution is -0.146. The first-order chi connectivity index (χ1) is 12.0. The molecule has 0 heterocycles. The number of ether oxygens (including phenoxy) is 2. The van der Waals surface area contributed by atoms with E-state index in [0.717, 1.165) is 16.7 Å². The normalized spacial score (nSPS) is 11.8. The Labute approximate surface area is 148 Å². The quantitative estimate of drug-likeness (QED) is 0.709. The third-order valence-electron chi connectivity index (χ3n) is 4.25. The minimum atomic E-state index is -0.334. The third kappa shape index (κ3) is 5.75. The summed E-state index contributed by atoms with van der Waals surface area (Å²) in [6.07, 6.45) is 0. The Hall–Kier alpha value is -2.62. The van der Waals surface area contributed by atoms with E-state index < -0.39 is 0 Å². The molecule has 1 unspecified atom stereocenters. The van der Waals surface area contributed by atoms with Gasteiger partial charge in [-0.25, -0.2) is 0 Å². The second-order valence-electron chi connectivity index (χ2n) is 6.14. The van der Waals surface area contributed by atoms with Crippen LogP contribution in [0.3, 0.4) is 0 Å². The van der Waals surface area contributed by atoms with Crippen LogP contribution in [0.5, 0.6) is 0 Å². The first-order valence-electron chi connectivity index (χ1n) is 8.39. The molecule has 1 atom stereocenters. The Kier molecular flexibility index (Phi) is 6.75. The van der Waals surface area contributed by atoms with Gasteiger partial charge in [0.15, 0.2) is 0 Å². The van der Waals surface area contributed by atoms with Gasteiger partial charge in [-0.3, -0.25) is 9.59 Å². The van der Waals surface area contributed by atoms with Crippen molar-refractivity contribution in [1.82, 2.24) is 0 Å². The van der Waals surface area contributed by atoms with Crippen molar-refractivity contribution in [2.45, 2.75) is 26.7 Å². The average Bonchev–Trinajstić information content (AvgIpc) is 2.62. The summed E-state index contributed by atoms with van der Waals surface area (Å²) < 4.78 is 10.3. The van der Waals surface area contributed by atoms with Crippen molar-refractivity contribution < 1.29 is 19.1 Å². The minimum absolute atomic E-state index is 0.0866. The van der Waals surface area contributed by atoms with E-state index in [2.05, 4.69) is 43.3 Å². The highest BCUT2D eigenvalue weighted by Gasteiger charge is 2.22. The summed E-state index contributed by atoms with van der Waals surface area (Å²) in [5, 5.41) is 0. The van der Waals surface area contributed by atoms with Crippen LogP contribution in [0.25, 0.3) is 11.1 Å². The molecular weight excluding hydrogens is 316 g/mol. The minimum Gasteiger partial charge on any atom is -0.465 e. The fourth-order valence-corrected chi connectivity index (χ4v) is 2.67. The molecule has 0 spiro atoms. The van der Waals surface area contributed by atoms with E-state index in [9.17, 15) is 9.59 Å². The van der Waals surface area contributed by atoms with Crippen LogP contribution in [0.1, 0.15) is 32.3 Å². The zero-order valence-electron chi connectivity index (χ0n) is 14.9. The van der Waals surface area contributed by atoms with Gasteiger partial charge in [-0.15, -0.1) is 0 Å². The van der Waals surface area contributed by atoms with Gasteiger partial charge in [-0.1, -0.05) is 61.5 Å². The molecule has 2 rings (SSSR count). The van der Waals surface area contributed by atoms with E-state index in [1.54, 1.807) is 0 Å². The van der Waals surface area contributed by atoms with Crippen molar-refractivity contribution >= 4 is 11.9 Å². The van der Waals surface area contributed by atoms with Crippen LogP contribution in [-0.2, 0) is 19.1 Å². The molecule has 0 aliphatic heterocycles. The molecule has 0 fully saturated rings. The predicted octanol–water partition coefficient (Wildman–Crippen LogP) is 4.20. The van der Waals surface area contributed by atoms with Crippen LogP contribution in [0.4, 0.5) is 0 Å². The van der Waals surface area contributed by atoms with E-state index in [1.165, 1.54) is 13.8 Å². The van der Waals surface area contributed by atoms with Gasteiger partial charge in [0.1, 0.15) is 0 Å². The van der Waals surface area contributed by atoms with Gasteiger partial charge in [-0.05, 0) is 22.6 Å². The fraction of sp³-hybridized carbons (Fsp3) is 0.333. The van der Waals surface area contributed by atoms with Crippen LogP contribution in [0.2, 0.25) is 0 Å². The number of carbonyl (C=O) groups is 2. The topological polar surface area (TPSA) is 52.6 Å². The molecule has 0 aromatic heterocycles. The van der Waals surface area contributed by atoms with E-state index in [1.807, 2.05) is 18.2 Å². The molecule has 132 valence electrons. The smallest absolute Gasteiger partial charge is 0.302 e. The van der Waals surface area contributed by atoms with Gasteiger partial charge in [0.05, 0.1) is 13.2 Å². The summed E-state index contributed by atoms with van der Waals surface area (Å²) in [7, 11) is 0. The van der Waals surface area contributed by atoms with E-state index in [4.69, 9.17) is 9.47 Å². The molecule has 0 saturated heterocycles. The van der Waals surface area contributed by atoms with Crippen LogP contribution in [0.15, 0.2) is 54.6 Å². The number of benzene rings is 2. The van der Waals surface area contributed by atoms with E-state index in [0.29, 0.717) is 0 Å². The molecule has 0 amide bonds. The Morgan fingerprint density at radius 2 is 1.28 bits per heavy atom. The number of esters is 2. The first-order valence-corrected chi connectivity index (χ1v) is 8.39. The molecule has 0 N–H and O–H groups in total. The predicted molar refractivity (Wildman–Crippen MR) is 97.0 cm³/mol. The molecule has 0 bridgehead atoms. The molecule has 0 aliphatic carbocycles. The number of hydrogen-bond acceptors (Lipinski definition) is 4. The standard InChI is InChI=1S/C21H24O4/c1-15(21(13-24-16(2)22)14-25-17(3)23)18-9-11-20(12-10-18)19-7-5-4-6-8-19/h4-12,15,21H,13-14H2,1-3H3. The van der Waals surface area contributed by atoms with E-state index >= 15 is 0 Å². The second-order valence-corrected chi connectivity index (χ2v) is 6.14. The highest BCUT2D eigenvalue weighted by atomic mass is 16.5. The van der Waals surface area contributed by atoms with Gasteiger partial charge in [-0.2, -0.15) is 0 Å². The molecule has 0 aliphatic rings. The molecule has 0 saturated carbocycles. The summed E-state index contributed by atoms with van der Waals surface area (Å²) in [4.78, 5) is 22.2. The number of carbonyl (C=O) groups excluding carboxylic acids is 2. The zero-order valence-corrected chi connectivity index (χ0v) is 14.9. The molecule has 2 aromatic rings. The Balaban J connectivity index is 2.12. The molecule has 0 radical (unpaired) electrons. The van der Waals surface area contributed by atoms with Gasteiger partial charge < -0.3 is 9.47 Å². The van der Waals surface area contributed by atoms with Crippen molar-refractivity contribution in [3.05, 3.63) is 60.2 Å². The number of rotatable bonds is 7. The Bertz CT molecular complexity index is 674. The van der Waals surface area contributed by atoms with Crippen molar-refractivity contribution in [1.29, 1.82) is 0 Å². The molecular formula is C21H24O4. The number of hydrogen-bond donors (Lipinski definition) is 0. The third-order valence-corrected chi connectivity index (χ3v) is 4.25. The van der Waals surface area contributed by atoms with Gasteiger partial charge in [0.2, 0.25) is 0 Å². The lowest BCUT2D eigenvalue weighted by Gasteiger charge is -2.23. The van der Waals surface area contributed by atoms with Gasteiger partial charge in [0, 0.05) is 19.8 Å². The van der Waals surface area contributed by atoms with Crippen LogP contribution in [0, 0.1) is 5.92 Å². The Morgan fingerprint density at radius 1 is 0.800 bits per heavy atom. The fourth-order valence-electron chi connectivity index (χ4n) is 2.67. The monoisotopic (exact) mass is 340 g/mol. The van der Waals surface area contributed by atoms with Crippen molar-refractivity contribution in [2.24, 2.45) is 5.92 Å². The first kappa shape index (κ1) is 18.7. The van der Waals surface area contributed by atoms with Crippen LogP contribution >= 0.6 is 0 Å². The van der Waals surface area contributed by atoms with Gasteiger partial charge in [0.25, 0.3) is 0 Å². The average molecular weight is 340 g/mol. The second kappa shape index (κ2) is 9.02. The lowest BCUT2D eigenvalue weighted by Crippen LogP contribution is -2.24. The van der Waals surface area contributed by atoms with Gasteiger partial charge >= 0.3 is 11.9 Å². The maximum Gasteiger partial charge on any atom is 0.302 e. The lowest BCUT2D eigenvalue weighted by atomic mass is 9.87. The van der Waals surface area contributed by atoms with E-state index in [-0.39, 0.29) is 37.0 Å². The molecule has 25 heavy (non-hydrogen) atoms. The SMILES string of the molecule is CC(=O)OCC(COC(C)=O)C(C)c1ccc(-c2ccccc2)cc1. The molecule has 4 heteroatoms. The summed E-state index contributed by atoms with van der Waals surface area (Å²) in [5.74, 6) is -0.669. The Morgan fingerprint density at radius 3 is 1.76 bits per heavy atom. The van der Waals surface area contributed by atoms with Crippen molar-refractivity contribution in [3.63, 3.8) is 0 Å². The van der Waals surface area contributed by atoms with Crippen LogP contribution in [-0.4, -0.2) is 25.2 Å². The van der Waals surface area contributed by atoms with Crippen molar-refractivity contribution in [3.8, 4) is 11.1 Å². The highest BCUT2D eigenvalue weighted by molar-refractivity contribution is 5.66. The summed E-state index contributed by atoms with van der Waals surface area (Å²) in [6.45, 7) is 5.26. The zero-order chi connectivity index (χ0) is 18.2. The summed E-state index contributed by atoms with van der Waals surface area (Å²) in [5.41, 5.74) is 3.43. The summed E-state index contributed by atoms with van der Waals surface area (Å²) in [6, 6.07) is 18.5. The summed E-state index contributed by atoms with van der Waals surface area (Å²) >= 11 is 0. The molecule has 2 aromatic carbocycles. The maximum atomic E-state index is 11.1. The van der Waals surface area contributed by atoms with Crippen molar-refractivity contribution in [2.75, 3.05) is 13.2 Å². The highest BCUT2D eigenvalue weighted by Crippen LogP contribution is 2.28.